The maximum Gasteiger partial charge on any atom is 0.130 e. The summed E-state index contributed by atoms with van der Waals surface area (Å²) in [5, 5.41) is 3.30. The van der Waals surface area contributed by atoms with E-state index in [9.17, 15) is 4.39 Å². The van der Waals surface area contributed by atoms with E-state index in [0.717, 1.165) is 28.4 Å². The molecule has 0 bridgehead atoms. The Kier molecular flexibility index (Phi) is 5.71. The molecule has 0 spiro atoms. The molecule has 25 heavy (non-hydrogen) atoms. The van der Waals surface area contributed by atoms with E-state index < -0.39 is 0 Å². The predicted molar refractivity (Wildman–Crippen MR) is 103 cm³/mol. The molecule has 4 nitrogen and oxygen atoms in total. The number of aromatic amines is 1. The molecule has 0 amide bonds. The second-order valence-electron chi connectivity index (χ2n) is 6.01. The first kappa shape index (κ1) is 17.5. The van der Waals surface area contributed by atoms with Gasteiger partial charge in [-0.3, -0.25) is 0 Å². The number of H-pyrrole nitrogens is 1. The summed E-state index contributed by atoms with van der Waals surface area (Å²) in [6.07, 6.45) is 3.66. The van der Waals surface area contributed by atoms with E-state index in [0.29, 0.717) is 5.82 Å². The van der Waals surface area contributed by atoms with Gasteiger partial charge < -0.3 is 10.3 Å². The normalized spacial score (nSPS) is 12.1. The van der Waals surface area contributed by atoms with Crippen LogP contribution in [0.4, 0.5) is 10.2 Å². The third-order valence-electron chi connectivity index (χ3n) is 3.68. The van der Waals surface area contributed by atoms with E-state index in [2.05, 4.69) is 40.2 Å². The maximum atomic E-state index is 13.5. The third-order valence-corrected chi connectivity index (χ3v) is 4.65. The lowest BCUT2D eigenvalue weighted by Crippen LogP contribution is -2.16. The van der Waals surface area contributed by atoms with Crippen molar-refractivity contribution in [1.82, 2.24) is 15.0 Å². The summed E-state index contributed by atoms with van der Waals surface area (Å²) in [5.74, 6) is 2.75. The number of halogens is 1. The Morgan fingerprint density at radius 2 is 2.16 bits per heavy atom. The number of benzene rings is 1. The molecule has 1 unspecified atom stereocenters. The summed E-state index contributed by atoms with van der Waals surface area (Å²) in [6.45, 7) is 4.18. The van der Waals surface area contributed by atoms with Crippen molar-refractivity contribution in [2.24, 2.45) is 0 Å². The second-order valence-corrected chi connectivity index (χ2v) is 7.09. The molecule has 0 saturated carbocycles. The fourth-order valence-electron chi connectivity index (χ4n) is 2.40. The van der Waals surface area contributed by atoms with E-state index in [1.165, 1.54) is 23.9 Å². The maximum absolute atomic E-state index is 13.5. The van der Waals surface area contributed by atoms with Crippen LogP contribution in [0.15, 0.2) is 54.2 Å². The summed E-state index contributed by atoms with van der Waals surface area (Å²) < 4.78 is 13.5. The van der Waals surface area contributed by atoms with Crippen LogP contribution in [0.2, 0.25) is 0 Å². The summed E-state index contributed by atoms with van der Waals surface area (Å²) in [5.41, 5.74) is 3.21. The summed E-state index contributed by atoms with van der Waals surface area (Å²) in [6, 6.07) is 10.6. The molecule has 0 saturated heterocycles. The van der Waals surface area contributed by atoms with E-state index in [1.807, 2.05) is 24.3 Å². The zero-order valence-corrected chi connectivity index (χ0v) is 15.1. The van der Waals surface area contributed by atoms with Crippen LogP contribution in [-0.4, -0.2) is 26.5 Å². The number of pyridine rings is 1. The number of anilines is 1. The van der Waals surface area contributed by atoms with Gasteiger partial charge in [0.2, 0.25) is 0 Å². The highest BCUT2D eigenvalue weighted by atomic mass is 32.2. The molecule has 0 aliphatic carbocycles. The van der Waals surface area contributed by atoms with Gasteiger partial charge in [-0.1, -0.05) is 23.8 Å². The first-order chi connectivity index (χ1) is 12.1. The van der Waals surface area contributed by atoms with Crippen molar-refractivity contribution in [3.63, 3.8) is 0 Å². The topological polar surface area (TPSA) is 53.6 Å². The number of fused-ring (bicyclic) bond motifs is 1. The molecule has 0 aliphatic rings. The largest absolute Gasteiger partial charge is 0.359 e. The number of hydrogen-bond donors (Lipinski definition) is 2. The van der Waals surface area contributed by atoms with Gasteiger partial charge in [0, 0.05) is 23.8 Å². The number of hydrogen-bond acceptors (Lipinski definition) is 4. The number of nitrogens with one attached hydrogen (secondary N) is 2. The second kappa shape index (κ2) is 8.16. The lowest BCUT2D eigenvalue weighted by Gasteiger charge is -2.16. The SMILES string of the molecule is CC(C)=CCSCC(Nc1cc(F)ccn1)c1nc2ccccc2[nH]1. The predicted octanol–water partition coefficient (Wildman–Crippen LogP) is 4.95. The highest BCUT2D eigenvalue weighted by Gasteiger charge is 2.16. The van der Waals surface area contributed by atoms with E-state index in [-0.39, 0.29) is 11.9 Å². The zero-order chi connectivity index (χ0) is 17.6. The Labute approximate surface area is 151 Å². The minimum atomic E-state index is -0.307. The molecule has 130 valence electrons. The summed E-state index contributed by atoms with van der Waals surface area (Å²) >= 11 is 1.80. The summed E-state index contributed by atoms with van der Waals surface area (Å²) in [4.78, 5) is 12.2. The Morgan fingerprint density at radius 3 is 2.92 bits per heavy atom. The molecule has 3 rings (SSSR count). The van der Waals surface area contributed by atoms with Gasteiger partial charge in [0.05, 0.1) is 17.1 Å². The molecule has 0 aliphatic heterocycles. The van der Waals surface area contributed by atoms with Crippen molar-refractivity contribution in [2.75, 3.05) is 16.8 Å². The van der Waals surface area contributed by atoms with Gasteiger partial charge in [0.25, 0.3) is 0 Å². The van der Waals surface area contributed by atoms with Crippen molar-refractivity contribution < 1.29 is 4.39 Å². The van der Waals surface area contributed by atoms with Gasteiger partial charge in [0.15, 0.2) is 0 Å². The Balaban J connectivity index is 1.81. The molecule has 0 radical (unpaired) electrons. The van der Waals surface area contributed by atoms with Gasteiger partial charge in [-0.05, 0) is 32.0 Å². The number of imidazole rings is 1. The van der Waals surface area contributed by atoms with Crippen molar-refractivity contribution in [2.45, 2.75) is 19.9 Å². The lowest BCUT2D eigenvalue weighted by atomic mass is 10.3. The molecule has 2 aromatic heterocycles. The van der Waals surface area contributed by atoms with Crippen LogP contribution in [0, 0.1) is 5.82 Å². The number of allylic oxidation sites excluding steroid dienone is 1. The lowest BCUT2D eigenvalue weighted by molar-refractivity contribution is 0.625. The number of rotatable bonds is 7. The van der Waals surface area contributed by atoms with Crippen LogP contribution in [0.3, 0.4) is 0 Å². The molecule has 1 aromatic carbocycles. The number of para-hydroxylation sites is 2. The highest BCUT2D eigenvalue weighted by Crippen LogP contribution is 2.23. The minimum absolute atomic E-state index is 0.0859. The van der Waals surface area contributed by atoms with Crippen LogP contribution in [0.25, 0.3) is 11.0 Å². The molecule has 1 atom stereocenters. The Morgan fingerprint density at radius 1 is 1.32 bits per heavy atom. The Bertz CT molecular complexity index is 837. The van der Waals surface area contributed by atoms with E-state index in [4.69, 9.17) is 0 Å². The quantitative estimate of drug-likeness (QED) is 0.464. The number of aromatic nitrogens is 3. The fraction of sp³-hybridized carbons (Fsp3) is 0.263. The van der Waals surface area contributed by atoms with Crippen LogP contribution in [0.1, 0.15) is 25.7 Å². The zero-order valence-electron chi connectivity index (χ0n) is 14.3. The van der Waals surface area contributed by atoms with Crippen LogP contribution >= 0.6 is 11.8 Å². The van der Waals surface area contributed by atoms with E-state index >= 15 is 0 Å². The van der Waals surface area contributed by atoms with Gasteiger partial charge in [-0.25, -0.2) is 14.4 Å². The van der Waals surface area contributed by atoms with Crippen LogP contribution in [-0.2, 0) is 0 Å². The van der Waals surface area contributed by atoms with Crippen molar-refractivity contribution in [3.05, 3.63) is 65.9 Å². The molecular formula is C19H21FN4S. The Hall–Kier alpha value is -2.34. The molecule has 6 heteroatoms. The molecule has 2 N–H and O–H groups in total. The van der Waals surface area contributed by atoms with Gasteiger partial charge >= 0.3 is 0 Å². The van der Waals surface area contributed by atoms with Crippen LogP contribution in [0.5, 0.6) is 0 Å². The average molecular weight is 356 g/mol. The number of nitrogens with zero attached hydrogens (tertiary/aromatic N) is 2. The van der Waals surface area contributed by atoms with Crippen molar-refractivity contribution in [3.8, 4) is 0 Å². The molecular weight excluding hydrogens is 335 g/mol. The first-order valence-electron chi connectivity index (χ1n) is 8.15. The van der Waals surface area contributed by atoms with Crippen LogP contribution < -0.4 is 5.32 Å². The summed E-state index contributed by atoms with van der Waals surface area (Å²) in [7, 11) is 0. The standard InChI is InChI=1S/C19H21FN4S/c1-13(2)8-10-25-12-17(22-18-11-14(20)7-9-21-18)19-23-15-5-3-4-6-16(15)24-19/h3-9,11,17H,10,12H2,1-2H3,(H,21,22)(H,23,24). The molecule has 3 aromatic rings. The average Bonchev–Trinajstić information content (AvgIpc) is 3.01. The molecule has 0 fully saturated rings. The highest BCUT2D eigenvalue weighted by molar-refractivity contribution is 7.99. The van der Waals surface area contributed by atoms with E-state index in [1.54, 1.807) is 11.8 Å². The first-order valence-corrected chi connectivity index (χ1v) is 9.31. The molecule has 2 heterocycles. The fourth-order valence-corrected chi connectivity index (χ4v) is 3.46. The monoisotopic (exact) mass is 356 g/mol. The van der Waals surface area contributed by atoms with Gasteiger partial charge in [0.1, 0.15) is 17.5 Å². The van der Waals surface area contributed by atoms with Crippen molar-refractivity contribution in [1.29, 1.82) is 0 Å². The van der Waals surface area contributed by atoms with Gasteiger partial charge in [-0.2, -0.15) is 11.8 Å². The van der Waals surface area contributed by atoms with Crippen molar-refractivity contribution >= 4 is 28.6 Å². The smallest absolute Gasteiger partial charge is 0.130 e. The third kappa shape index (κ3) is 4.82. The van der Waals surface area contributed by atoms with Gasteiger partial charge in [-0.15, -0.1) is 0 Å². The minimum Gasteiger partial charge on any atom is -0.359 e. The number of thioether (sulfide) groups is 1.